The molecule has 1 aliphatic rings. The lowest BCUT2D eigenvalue weighted by Crippen LogP contribution is -2.49. The number of nitrogens with two attached hydrogens (primary N) is 1. The Labute approximate surface area is 140 Å². The van der Waals surface area contributed by atoms with Gasteiger partial charge in [0.2, 0.25) is 11.9 Å². The second kappa shape index (κ2) is 7.16. The number of anilines is 2. The Balaban J connectivity index is 1.49. The maximum absolute atomic E-state index is 12.4. The molecule has 126 valence electrons. The van der Waals surface area contributed by atoms with Crippen molar-refractivity contribution in [1.29, 1.82) is 0 Å². The third kappa shape index (κ3) is 3.73. The molecule has 1 amide bonds. The van der Waals surface area contributed by atoms with Crippen LogP contribution in [0.25, 0.3) is 0 Å². The summed E-state index contributed by atoms with van der Waals surface area (Å²) in [6.07, 6.45) is 4.50. The first kappa shape index (κ1) is 16.0. The maximum Gasteiger partial charge on any atom is 0.225 e. The molecule has 1 saturated heterocycles. The summed E-state index contributed by atoms with van der Waals surface area (Å²) in [5, 5.41) is 9.43. The van der Waals surface area contributed by atoms with Gasteiger partial charge in [-0.15, -0.1) is 0 Å². The van der Waals surface area contributed by atoms with Gasteiger partial charge in [-0.05, 0) is 30.2 Å². The average molecular weight is 327 g/mol. The van der Waals surface area contributed by atoms with Gasteiger partial charge < -0.3 is 20.6 Å². The summed E-state index contributed by atoms with van der Waals surface area (Å²) >= 11 is 0. The highest BCUT2D eigenvalue weighted by Crippen LogP contribution is 2.21. The van der Waals surface area contributed by atoms with Crippen LogP contribution in [0, 0.1) is 0 Å². The SMILES string of the molecule is Nc1cc(CCC(=O)N2CCN(c3ncccn3)CC2)ccc1O. The van der Waals surface area contributed by atoms with E-state index >= 15 is 0 Å². The first-order valence-corrected chi connectivity index (χ1v) is 8.00. The van der Waals surface area contributed by atoms with Crippen molar-refractivity contribution in [2.24, 2.45) is 0 Å². The molecule has 3 rings (SSSR count). The van der Waals surface area contributed by atoms with Gasteiger partial charge in [0.25, 0.3) is 0 Å². The minimum atomic E-state index is 0.0735. The first-order valence-electron chi connectivity index (χ1n) is 8.00. The molecule has 1 aromatic heterocycles. The molecule has 0 aliphatic carbocycles. The van der Waals surface area contributed by atoms with Crippen LogP contribution in [0.5, 0.6) is 5.75 Å². The molecule has 24 heavy (non-hydrogen) atoms. The highest BCUT2D eigenvalue weighted by Gasteiger charge is 2.22. The van der Waals surface area contributed by atoms with Crippen LogP contribution < -0.4 is 10.6 Å². The molecule has 0 saturated carbocycles. The van der Waals surface area contributed by atoms with Crippen LogP contribution in [-0.2, 0) is 11.2 Å². The zero-order valence-corrected chi connectivity index (χ0v) is 13.4. The Morgan fingerprint density at radius 1 is 1.17 bits per heavy atom. The molecule has 0 radical (unpaired) electrons. The molecular formula is C17H21N5O2. The number of aryl methyl sites for hydroxylation is 1. The second-order valence-electron chi connectivity index (χ2n) is 5.81. The Morgan fingerprint density at radius 3 is 2.54 bits per heavy atom. The molecule has 1 aromatic carbocycles. The standard InChI is InChI=1S/C17H21N5O2/c18-14-12-13(2-4-15(14)23)3-5-16(24)21-8-10-22(11-9-21)17-19-6-1-7-20-17/h1-2,4,6-7,12,23H,3,5,8-11,18H2. The molecule has 2 aromatic rings. The van der Waals surface area contributed by atoms with Gasteiger partial charge in [-0.25, -0.2) is 9.97 Å². The van der Waals surface area contributed by atoms with E-state index in [0.29, 0.717) is 37.6 Å². The number of piperazine rings is 1. The summed E-state index contributed by atoms with van der Waals surface area (Å²) in [5.41, 5.74) is 6.98. The molecule has 1 fully saturated rings. The Kier molecular flexibility index (Phi) is 4.79. The lowest BCUT2D eigenvalue weighted by molar-refractivity contribution is -0.131. The Bertz CT molecular complexity index is 699. The van der Waals surface area contributed by atoms with E-state index in [1.807, 2.05) is 4.90 Å². The molecule has 0 unspecified atom stereocenters. The maximum atomic E-state index is 12.4. The summed E-state index contributed by atoms with van der Waals surface area (Å²) in [6.45, 7) is 2.83. The van der Waals surface area contributed by atoms with E-state index < -0.39 is 0 Å². The molecule has 3 N–H and O–H groups in total. The predicted octanol–water partition coefficient (Wildman–Crippen LogP) is 1.05. The molecule has 7 nitrogen and oxygen atoms in total. The third-order valence-electron chi connectivity index (χ3n) is 4.19. The predicted molar refractivity (Wildman–Crippen MR) is 91.7 cm³/mol. The summed E-state index contributed by atoms with van der Waals surface area (Å²) in [6, 6.07) is 6.87. The van der Waals surface area contributed by atoms with Crippen LogP contribution in [0.3, 0.4) is 0 Å². The van der Waals surface area contributed by atoms with E-state index in [0.717, 1.165) is 18.7 Å². The third-order valence-corrected chi connectivity index (χ3v) is 4.19. The monoisotopic (exact) mass is 327 g/mol. The normalized spacial score (nSPS) is 14.7. The van der Waals surface area contributed by atoms with Gasteiger partial charge >= 0.3 is 0 Å². The topological polar surface area (TPSA) is 95.6 Å². The van der Waals surface area contributed by atoms with Gasteiger partial charge in [-0.3, -0.25) is 4.79 Å². The quantitative estimate of drug-likeness (QED) is 0.644. The van der Waals surface area contributed by atoms with Crippen LogP contribution in [0.1, 0.15) is 12.0 Å². The largest absolute Gasteiger partial charge is 0.506 e. The number of carbonyl (C=O) groups excluding carboxylic acids is 1. The Morgan fingerprint density at radius 2 is 1.88 bits per heavy atom. The molecule has 2 heterocycles. The fraction of sp³-hybridized carbons (Fsp3) is 0.353. The summed E-state index contributed by atoms with van der Waals surface area (Å²) in [7, 11) is 0. The number of rotatable bonds is 4. The van der Waals surface area contributed by atoms with E-state index in [-0.39, 0.29) is 11.7 Å². The van der Waals surface area contributed by atoms with Crippen molar-refractivity contribution in [1.82, 2.24) is 14.9 Å². The number of nitrogens with zero attached hydrogens (tertiary/aromatic N) is 4. The van der Waals surface area contributed by atoms with E-state index in [1.54, 1.807) is 36.7 Å². The number of benzene rings is 1. The molecule has 0 spiro atoms. The smallest absolute Gasteiger partial charge is 0.225 e. The second-order valence-corrected chi connectivity index (χ2v) is 5.81. The van der Waals surface area contributed by atoms with Crippen molar-refractivity contribution in [2.75, 3.05) is 36.8 Å². The minimum absolute atomic E-state index is 0.0735. The van der Waals surface area contributed by atoms with Crippen molar-refractivity contribution < 1.29 is 9.90 Å². The summed E-state index contributed by atoms with van der Waals surface area (Å²) in [5.74, 6) is 0.920. The van der Waals surface area contributed by atoms with Crippen LogP contribution in [0.4, 0.5) is 11.6 Å². The van der Waals surface area contributed by atoms with E-state index in [2.05, 4.69) is 14.9 Å². The number of amides is 1. The number of hydrogen-bond donors (Lipinski definition) is 2. The number of phenols is 1. The molecule has 1 aliphatic heterocycles. The number of nitrogen functional groups attached to an aromatic ring is 1. The van der Waals surface area contributed by atoms with Crippen LogP contribution in [-0.4, -0.2) is 52.1 Å². The summed E-state index contributed by atoms with van der Waals surface area (Å²) < 4.78 is 0. The van der Waals surface area contributed by atoms with Crippen LogP contribution >= 0.6 is 0 Å². The molecular weight excluding hydrogens is 306 g/mol. The van der Waals surface area contributed by atoms with Crippen molar-refractivity contribution in [2.45, 2.75) is 12.8 Å². The van der Waals surface area contributed by atoms with E-state index in [1.165, 1.54) is 0 Å². The molecule has 0 bridgehead atoms. The highest BCUT2D eigenvalue weighted by molar-refractivity contribution is 5.76. The van der Waals surface area contributed by atoms with E-state index in [4.69, 9.17) is 5.73 Å². The lowest BCUT2D eigenvalue weighted by atomic mass is 10.1. The number of phenolic OH excluding ortho intramolecular Hbond substituents is 1. The lowest BCUT2D eigenvalue weighted by Gasteiger charge is -2.34. The minimum Gasteiger partial charge on any atom is -0.506 e. The van der Waals surface area contributed by atoms with Gasteiger partial charge in [0.05, 0.1) is 5.69 Å². The van der Waals surface area contributed by atoms with Gasteiger partial charge in [-0.2, -0.15) is 0 Å². The number of carbonyl (C=O) groups is 1. The highest BCUT2D eigenvalue weighted by atomic mass is 16.3. The fourth-order valence-electron chi connectivity index (χ4n) is 2.78. The van der Waals surface area contributed by atoms with Crippen molar-refractivity contribution in [3.05, 3.63) is 42.2 Å². The summed E-state index contributed by atoms with van der Waals surface area (Å²) in [4.78, 5) is 24.8. The van der Waals surface area contributed by atoms with E-state index in [9.17, 15) is 9.90 Å². The molecule has 7 heteroatoms. The van der Waals surface area contributed by atoms with Gasteiger partial charge in [-0.1, -0.05) is 6.07 Å². The van der Waals surface area contributed by atoms with Gasteiger partial charge in [0.15, 0.2) is 0 Å². The Hall–Kier alpha value is -2.83. The zero-order valence-electron chi connectivity index (χ0n) is 13.4. The molecule has 0 atom stereocenters. The van der Waals surface area contributed by atoms with Crippen molar-refractivity contribution >= 4 is 17.5 Å². The van der Waals surface area contributed by atoms with Crippen molar-refractivity contribution in [3.63, 3.8) is 0 Å². The van der Waals surface area contributed by atoms with Crippen LogP contribution in [0.15, 0.2) is 36.7 Å². The van der Waals surface area contributed by atoms with Gasteiger partial charge in [0, 0.05) is 45.0 Å². The number of hydrogen-bond acceptors (Lipinski definition) is 6. The number of aromatic hydroxyl groups is 1. The fourth-order valence-corrected chi connectivity index (χ4v) is 2.78. The average Bonchev–Trinajstić information content (AvgIpc) is 2.63. The van der Waals surface area contributed by atoms with Crippen molar-refractivity contribution in [3.8, 4) is 5.75 Å². The van der Waals surface area contributed by atoms with Gasteiger partial charge in [0.1, 0.15) is 5.75 Å². The van der Waals surface area contributed by atoms with Crippen LogP contribution in [0.2, 0.25) is 0 Å². The first-order chi connectivity index (χ1) is 11.6. The number of aromatic nitrogens is 2. The zero-order chi connectivity index (χ0) is 16.9.